The summed E-state index contributed by atoms with van der Waals surface area (Å²) in [7, 11) is 1.63. The van der Waals surface area contributed by atoms with E-state index in [9.17, 15) is 9.59 Å². The fourth-order valence-corrected chi connectivity index (χ4v) is 2.08. The van der Waals surface area contributed by atoms with Crippen molar-refractivity contribution >= 4 is 11.9 Å². The van der Waals surface area contributed by atoms with E-state index in [-0.39, 0.29) is 23.3 Å². The molecule has 0 bridgehead atoms. The minimum absolute atomic E-state index is 0.000477. The molecule has 2 aromatic rings. The van der Waals surface area contributed by atoms with E-state index in [1.54, 1.807) is 7.05 Å². The monoisotopic (exact) mass is 317 g/mol. The van der Waals surface area contributed by atoms with Gasteiger partial charge in [-0.2, -0.15) is 0 Å². The normalized spacial score (nSPS) is 10.6. The van der Waals surface area contributed by atoms with Crippen molar-refractivity contribution in [2.45, 2.75) is 26.5 Å². The number of amides is 1. The Labute approximate surface area is 134 Å². The molecule has 6 heteroatoms. The molecule has 0 fully saturated rings. The predicted octanol–water partition coefficient (Wildman–Crippen LogP) is 3.04. The number of carboxylic acid groups (broad SMARTS) is 1. The van der Waals surface area contributed by atoms with Crippen molar-refractivity contribution in [1.82, 2.24) is 4.90 Å². The average Bonchev–Trinajstić information content (AvgIpc) is 2.96. The fraction of sp³-hybridized carbons (Fsp3) is 0.294. The van der Waals surface area contributed by atoms with Crippen LogP contribution in [0.3, 0.4) is 0 Å². The van der Waals surface area contributed by atoms with Crippen molar-refractivity contribution in [3.63, 3.8) is 0 Å². The molecule has 23 heavy (non-hydrogen) atoms. The van der Waals surface area contributed by atoms with Crippen LogP contribution in [0.2, 0.25) is 0 Å². The number of nitrogens with zero attached hydrogens (tertiary/aromatic N) is 1. The minimum atomic E-state index is -1.13. The fourth-order valence-electron chi connectivity index (χ4n) is 2.08. The number of aromatic carboxylic acids is 1. The summed E-state index contributed by atoms with van der Waals surface area (Å²) in [6, 6.07) is 8.70. The highest BCUT2D eigenvalue weighted by Gasteiger charge is 2.18. The van der Waals surface area contributed by atoms with Gasteiger partial charge < -0.3 is 19.2 Å². The minimum Gasteiger partial charge on any atom is -0.491 e. The van der Waals surface area contributed by atoms with Crippen molar-refractivity contribution in [2.24, 2.45) is 0 Å². The second-order valence-corrected chi connectivity index (χ2v) is 5.48. The van der Waals surface area contributed by atoms with Crippen molar-refractivity contribution in [3.8, 4) is 5.75 Å². The third-order valence-electron chi connectivity index (χ3n) is 3.09. The van der Waals surface area contributed by atoms with Crippen LogP contribution in [0, 0.1) is 0 Å². The zero-order chi connectivity index (χ0) is 17.0. The van der Waals surface area contributed by atoms with Crippen LogP contribution >= 0.6 is 0 Å². The third kappa shape index (κ3) is 4.35. The van der Waals surface area contributed by atoms with Crippen LogP contribution < -0.4 is 4.74 Å². The van der Waals surface area contributed by atoms with E-state index in [0.29, 0.717) is 6.54 Å². The number of ether oxygens (including phenoxy) is 1. The number of hydrogen-bond donors (Lipinski definition) is 1. The summed E-state index contributed by atoms with van der Waals surface area (Å²) in [6.07, 6.45) is 1.13. The number of carboxylic acids is 1. The molecule has 0 saturated carbocycles. The van der Waals surface area contributed by atoms with E-state index < -0.39 is 5.97 Å². The first kappa shape index (κ1) is 16.6. The van der Waals surface area contributed by atoms with E-state index >= 15 is 0 Å². The predicted molar refractivity (Wildman–Crippen MR) is 83.7 cm³/mol. The summed E-state index contributed by atoms with van der Waals surface area (Å²) in [6.45, 7) is 4.25. The maximum Gasteiger partial charge on any atom is 0.338 e. The average molecular weight is 317 g/mol. The van der Waals surface area contributed by atoms with E-state index in [1.807, 2.05) is 38.1 Å². The van der Waals surface area contributed by atoms with Gasteiger partial charge in [-0.3, -0.25) is 4.79 Å². The van der Waals surface area contributed by atoms with Gasteiger partial charge in [0.25, 0.3) is 5.91 Å². The highest BCUT2D eigenvalue weighted by molar-refractivity contribution is 5.95. The summed E-state index contributed by atoms with van der Waals surface area (Å²) < 4.78 is 10.7. The van der Waals surface area contributed by atoms with Gasteiger partial charge in [-0.25, -0.2) is 4.79 Å². The highest BCUT2D eigenvalue weighted by atomic mass is 16.5. The highest BCUT2D eigenvalue weighted by Crippen LogP contribution is 2.17. The number of benzene rings is 1. The molecule has 1 aromatic carbocycles. The Morgan fingerprint density at radius 2 is 2.04 bits per heavy atom. The van der Waals surface area contributed by atoms with Gasteiger partial charge in [0.15, 0.2) is 5.76 Å². The molecule has 0 aliphatic rings. The first-order chi connectivity index (χ1) is 10.9. The number of carbonyl (C=O) groups is 2. The van der Waals surface area contributed by atoms with Crippen LogP contribution in [0.25, 0.3) is 0 Å². The van der Waals surface area contributed by atoms with E-state index in [0.717, 1.165) is 17.6 Å². The maximum atomic E-state index is 12.3. The standard InChI is InChI=1S/C17H19NO5/c1-11(2)23-14-6-4-5-12(7-14)9-18(3)16(19)15-8-13(10-22-15)17(20)21/h4-8,10-11H,9H2,1-3H3,(H,20,21). The summed E-state index contributed by atoms with van der Waals surface area (Å²) in [5, 5.41) is 8.86. The summed E-state index contributed by atoms with van der Waals surface area (Å²) in [5.41, 5.74) is 0.859. The van der Waals surface area contributed by atoms with E-state index in [4.69, 9.17) is 14.3 Å². The lowest BCUT2D eigenvalue weighted by Gasteiger charge is -2.17. The lowest BCUT2D eigenvalue weighted by Crippen LogP contribution is -2.25. The van der Waals surface area contributed by atoms with Crippen molar-refractivity contribution in [1.29, 1.82) is 0 Å². The Bertz CT molecular complexity index is 705. The molecule has 0 atom stereocenters. The Balaban J connectivity index is 2.07. The molecule has 0 aliphatic heterocycles. The van der Waals surface area contributed by atoms with Gasteiger partial charge in [-0.15, -0.1) is 0 Å². The molecule has 1 aromatic heterocycles. The molecule has 2 rings (SSSR count). The molecule has 0 saturated heterocycles. The quantitative estimate of drug-likeness (QED) is 0.885. The summed E-state index contributed by atoms with van der Waals surface area (Å²) in [5.74, 6) is -0.773. The second-order valence-electron chi connectivity index (χ2n) is 5.48. The van der Waals surface area contributed by atoms with Crippen LogP contribution in [0.4, 0.5) is 0 Å². The van der Waals surface area contributed by atoms with Gasteiger partial charge >= 0.3 is 5.97 Å². The topological polar surface area (TPSA) is 80.0 Å². The van der Waals surface area contributed by atoms with Gasteiger partial charge in [0.1, 0.15) is 12.0 Å². The van der Waals surface area contributed by atoms with Crippen molar-refractivity contribution in [3.05, 3.63) is 53.5 Å². The number of rotatable bonds is 6. The zero-order valence-corrected chi connectivity index (χ0v) is 13.3. The van der Waals surface area contributed by atoms with Gasteiger partial charge in [-0.05, 0) is 31.5 Å². The second kappa shape index (κ2) is 7.00. The van der Waals surface area contributed by atoms with Crippen LogP contribution in [-0.4, -0.2) is 35.0 Å². The molecule has 122 valence electrons. The molecule has 1 amide bonds. The first-order valence-electron chi connectivity index (χ1n) is 7.19. The molecule has 0 aliphatic carbocycles. The smallest absolute Gasteiger partial charge is 0.338 e. The Kier molecular flexibility index (Phi) is 5.05. The Morgan fingerprint density at radius 3 is 2.65 bits per heavy atom. The van der Waals surface area contributed by atoms with Gasteiger partial charge in [0.05, 0.1) is 11.7 Å². The molecular weight excluding hydrogens is 298 g/mol. The molecule has 6 nitrogen and oxygen atoms in total. The molecule has 0 spiro atoms. The van der Waals surface area contributed by atoms with Crippen molar-refractivity contribution in [2.75, 3.05) is 7.05 Å². The summed E-state index contributed by atoms with van der Waals surface area (Å²) >= 11 is 0. The zero-order valence-electron chi connectivity index (χ0n) is 13.3. The third-order valence-corrected chi connectivity index (χ3v) is 3.09. The van der Waals surface area contributed by atoms with Crippen LogP contribution in [-0.2, 0) is 6.54 Å². The van der Waals surface area contributed by atoms with Gasteiger partial charge in [-0.1, -0.05) is 12.1 Å². The van der Waals surface area contributed by atoms with Crippen LogP contribution in [0.1, 0.15) is 40.3 Å². The van der Waals surface area contributed by atoms with Crippen LogP contribution in [0.5, 0.6) is 5.75 Å². The van der Waals surface area contributed by atoms with E-state index in [1.165, 1.54) is 11.0 Å². The Hall–Kier alpha value is -2.76. The molecule has 1 heterocycles. The first-order valence-corrected chi connectivity index (χ1v) is 7.19. The lowest BCUT2D eigenvalue weighted by atomic mass is 10.2. The summed E-state index contributed by atoms with van der Waals surface area (Å²) in [4.78, 5) is 24.5. The number of hydrogen-bond acceptors (Lipinski definition) is 4. The van der Waals surface area contributed by atoms with Crippen molar-refractivity contribution < 1.29 is 23.8 Å². The van der Waals surface area contributed by atoms with Gasteiger partial charge in [0, 0.05) is 19.7 Å². The molecule has 0 unspecified atom stereocenters. The SMILES string of the molecule is CC(C)Oc1cccc(CN(C)C(=O)c2cc(C(=O)O)co2)c1. The Morgan fingerprint density at radius 1 is 1.30 bits per heavy atom. The largest absolute Gasteiger partial charge is 0.491 e. The lowest BCUT2D eigenvalue weighted by molar-refractivity contribution is 0.0695. The molecule has 0 radical (unpaired) electrons. The number of carbonyl (C=O) groups excluding carboxylic acids is 1. The molecule has 1 N–H and O–H groups in total. The molecular formula is C17H19NO5. The maximum absolute atomic E-state index is 12.3. The van der Waals surface area contributed by atoms with Crippen LogP contribution in [0.15, 0.2) is 41.0 Å². The number of furan rings is 1. The van der Waals surface area contributed by atoms with Gasteiger partial charge in [0.2, 0.25) is 0 Å². The van der Waals surface area contributed by atoms with E-state index in [2.05, 4.69) is 0 Å².